The van der Waals surface area contributed by atoms with Crippen molar-refractivity contribution in [1.29, 1.82) is 0 Å². The summed E-state index contributed by atoms with van der Waals surface area (Å²) in [6.45, 7) is 4.44. The predicted molar refractivity (Wildman–Crippen MR) is 104 cm³/mol. The summed E-state index contributed by atoms with van der Waals surface area (Å²) in [6, 6.07) is 9.37. The molecule has 9 heteroatoms. The Balaban J connectivity index is 2.34. The number of nitrogens with one attached hydrogen (secondary N) is 2. The number of nitrogens with two attached hydrogens (primary N) is 1. The fourth-order valence-corrected chi connectivity index (χ4v) is 3.70. The summed E-state index contributed by atoms with van der Waals surface area (Å²) >= 11 is 1.26. The van der Waals surface area contributed by atoms with Gasteiger partial charge in [-0.05, 0) is 12.5 Å². The Bertz CT molecular complexity index is 777. The Hall–Kier alpha value is -2.39. The number of urea groups is 1. The standard InChI is InChI=1S/C18H26N6O2S/c1-5-14(23(3)4)15-21-22-18(27-12(2)16(25)20-17(19)26)24(15)11-13-9-7-6-8-10-13/h6-10,12,14H,5,11H2,1-4H3,(H3,19,20,25,26)/p+1/t12-,14-/m1/s1. The summed E-state index contributed by atoms with van der Waals surface area (Å²) in [5.74, 6) is 0.431. The average molecular weight is 392 g/mol. The van der Waals surface area contributed by atoms with Crippen LogP contribution in [-0.2, 0) is 11.3 Å². The van der Waals surface area contributed by atoms with Crippen LogP contribution in [0.3, 0.4) is 0 Å². The number of rotatable bonds is 8. The minimum atomic E-state index is -0.860. The van der Waals surface area contributed by atoms with Crippen LogP contribution in [0.2, 0.25) is 0 Å². The number of hydrogen-bond acceptors (Lipinski definition) is 5. The molecule has 0 unspecified atom stereocenters. The highest BCUT2D eigenvalue weighted by Crippen LogP contribution is 2.25. The zero-order valence-corrected chi connectivity index (χ0v) is 16.9. The molecule has 0 aliphatic heterocycles. The van der Waals surface area contributed by atoms with E-state index in [4.69, 9.17) is 5.73 Å². The van der Waals surface area contributed by atoms with Crippen LogP contribution in [0, 0.1) is 0 Å². The molecule has 4 N–H and O–H groups in total. The van der Waals surface area contributed by atoms with Gasteiger partial charge in [-0.15, -0.1) is 10.2 Å². The Morgan fingerprint density at radius 3 is 2.48 bits per heavy atom. The molecule has 2 atom stereocenters. The molecular weight excluding hydrogens is 364 g/mol. The van der Waals surface area contributed by atoms with Crippen molar-refractivity contribution in [3.63, 3.8) is 0 Å². The van der Waals surface area contributed by atoms with Crippen molar-refractivity contribution in [3.05, 3.63) is 41.7 Å². The van der Waals surface area contributed by atoms with E-state index in [-0.39, 0.29) is 6.04 Å². The van der Waals surface area contributed by atoms with Gasteiger partial charge in [0, 0.05) is 6.42 Å². The van der Waals surface area contributed by atoms with E-state index >= 15 is 0 Å². The second-order valence-corrected chi connectivity index (χ2v) is 7.87. The van der Waals surface area contributed by atoms with Gasteiger partial charge in [0.25, 0.3) is 0 Å². The van der Waals surface area contributed by atoms with E-state index in [1.54, 1.807) is 6.92 Å². The zero-order chi connectivity index (χ0) is 20.0. The number of imide groups is 1. The summed E-state index contributed by atoms with van der Waals surface area (Å²) in [5.41, 5.74) is 6.16. The quantitative estimate of drug-likeness (QED) is 0.571. The Kier molecular flexibility index (Phi) is 7.37. The van der Waals surface area contributed by atoms with E-state index in [9.17, 15) is 9.59 Å². The van der Waals surface area contributed by atoms with E-state index in [2.05, 4.69) is 41.1 Å². The van der Waals surface area contributed by atoms with Crippen molar-refractivity contribution in [2.75, 3.05) is 14.1 Å². The highest BCUT2D eigenvalue weighted by molar-refractivity contribution is 8.00. The highest BCUT2D eigenvalue weighted by atomic mass is 32.2. The maximum atomic E-state index is 12.0. The lowest BCUT2D eigenvalue weighted by atomic mass is 10.2. The molecule has 8 nitrogen and oxygen atoms in total. The third-order valence-electron chi connectivity index (χ3n) is 4.24. The van der Waals surface area contributed by atoms with Crippen LogP contribution >= 0.6 is 11.8 Å². The number of aromatic nitrogens is 3. The third-order valence-corrected chi connectivity index (χ3v) is 5.32. The number of quaternary nitrogens is 1. The normalized spacial score (nSPS) is 13.4. The first kappa shape index (κ1) is 20.9. The zero-order valence-electron chi connectivity index (χ0n) is 16.1. The second-order valence-electron chi connectivity index (χ2n) is 6.56. The van der Waals surface area contributed by atoms with Gasteiger partial charge in [-0.1, -0.05) is 49.0 Å². The van der Waals surface area contributed by atoms with Crippen LogP contribution in [-0.4, -0.2) is 46.0 Å². The topological polar surface area (TPSA) is 107 Å². The summed E-state index contributed by atoms with van der Waals surface area (Å²) in [6.07, 6.45) is 0.914. The first-order valence-electron chi connectivity index (χ1n) is 8.87. The molecular formula is C18H27N6O2S+. The SMILES string of the molecule is CC[C@H](c1nnc(S[C@H](C)C(=O)NC(N)=O)n1Cc1ccccc1)[NH+](C)C. The summed E-state index contributed by atoms with van der Waals surface area (Å²) in [4.78, 5) is 24.2. The molecule has 1 heterocycles. The maximum Gasteiger partial charge on any atom is 0.318 e. The van der Waals surface area contributed by atoms with E-state index in [1.807, 2.05) is 30.3 Å². The van der Waals surface area contributed by atoms with Crippen molar-refractivity contribution in [2.24, 2.45) is 5.73 Å². The lowest BCUT2D eigenvalue weighted by Gasteiger charge is -2.21. The van der Waals surface area contributed by atoms with E-state index in [1.165, 1.54) is 16.7 Å². The lowest BCUT2D eigenvalue weighted by Crippen LogP contribution is -3.06. The number of benzene rings is 1. The lowest BCUT2D eigenvalue weighted by molar-refractivity contribution is -0.893. The minimum Gasteiger partial charge on any atom is -0.351 e. The summed E-state index contributed by atoms with van der Waals surface area (Å²) in [5, 5.41) is 11.0. The van der Waals surface area contributed by atoms with E-state index < -0.39 is 17.2 Å². The van der Waals surface area contributed by atoms with Gasteiger partial charge in [0.1, 0.15) is 6.04 Å². The van der Waals surface area contributed by atoms with Crippen molar-refractivity contribution in [1.82, 2.24) is 20.1 Å². The van der Waals surface area contributed by atoms with Crippen LogP contribution < -0.4 is 16.0 Å². The Morgan fingerprint density at radius 2 is 1.93 bits per heavy atom. The molecule has 1 aromatic heterocycles. The number of primary amides is 1. The van der Waals surface area contributed by atoms with Gasteiger partial charge < -0.3 is 10.6 Å². The predicted octanol–water partition coefficient (Wildman–Crippen LogP) is 0.598. The van der Waals surface area contributed by atoms with E-state index in [0.29, 0.717) is 11.7 Å². The molecule has 0 aliphatic carbocycles. The van der Waals surface area contributed by atoms with Crippen LogP contribution in [0.5, 0.6) is 0 Å². The van der Waals surface area contributed by atoms with Crippen LogP contribution in [0.4, 0.5) is 4.79 Å². The Labute approximate surface area is 163 Å². The molecule has 0 radical (unpaired) electrons. The van der Waals surface area contributed by atoms with Crippen molar-refractivity contribution >= 4 is 23.7 Å². The first-order chi connectivity index (χ1) is 12.8. The van der Waals surface area contributed by atoms with Gasteiger partial charge in [-0.2, -0.15) is 0 Å². The third kappa shape index (κ3) is 5.54. The van der Waals surface area contributed by atoms with Crippen LogP contribution in [0.1, 0.15) is 37.7 Å². The van der Waals surface area contributed by atoms with E-state index in [0.717, 1.165) is 17.8 Å². The molecule has 3 amide bonds. The smallest absolute Gasteiger partial charge is 0.318 e. The number of amides is 3. The first-order valence-corrected chi connectivity index (χ1v) is 9.75. The fraction of sp³-hybridized carbons (Fsp3) is 0.444. The van der Waals surface area contributed by atoms with Crippen molar-refractivity contribution in [2.45, 2.75) is 43.3 Å². The summed E-state index contributed by atoms with van der Waals surface area (Å²) < 4.78 is 2.05. The molecule has 146 valence electrons. The summed E-state index contributed by atoms with van der Waals surface area (Å²) in [7, 11) is 4.18. The molecule has 1 aromatic carbocycles. The van der Waals surface area contributed by atoms with Crippen molar-refractivity contribution < 1.29 is 14.5 Å². The Morgan fingerprint density at radius 1 is 1.26 bits per heavy atom. The largest absolute Gasteiger partial charge is 0.351 e. The number of thioether (sulfide) groups is 1. The minimum absolute atomic E-state index is 0.185. The van der Waals surface area contributed by atoms with Crippen LogP contribution in [0.25, 0.3) is 0 Å². The maximum absolute atomic E-state index is 12.0. The average Bonchev–Trinajstić information content (AvgIpc) is 2.98. The fourth-order valence-electron chi connectivity index (χ4n) is 2.84. The second kappa shape index (κ2) is 9.52. The molecule has 2 rings (SSSR count). The van der Waals surface area contributed by atoms with Gasteiger partial charge in [0.15, 0.2) is 11.0 Å². The number of carbonyl (C=O) groups is 2. The molecule has 0 spiro atoms. The van der Waals surface area contributed by atoms with Gasteiger partial charge in [0.2, 0.25) is 5.91 Å². The monoisotopic (exact) mass is 391 g/mol. The molecule has 0 saturated heterocycles. The van der Waals surface area contributed by atoms with Crippen molar-refractivity contribution in [3.8, 4) is 0 Å². The molecule has 2 aromatic rings. The van der Waals surface area contributed by atoms with Gasteiger partial charge in [-0.25, -0.2) is 4.79 Å². The van der Waals surface area contributed by atoms with Gasteiger partial charge in [-0.3, -0.25) is 14.7 Å². The van der Waals surface area contributed by atoms with Gasteiger partial charge in [0.05, 0.1) is 25.9 Å². The number of carbonyl (C=O) groups excluding carboxylic acids is 2. The number of hydrogen-bond donors (Lipinski definition) is 3. The van der Waals surface area contributed by atoms with Crippen LogP contribution in [0.15, 0.2) is 35.5 Å². The highest BCUT2D eigenvalue weighted by Gasteiger charge is 2.27. The number of nitrogens with zero attached hydrogens (tertiary/aromatic N) is 3. The molecule has 0 bridgehead atoms. The molecule has 0 fully saturated rings. The molecule has 0 saturated carbocycles. The van der Waals surface area contributed by atoms with Gasteiger partial charge >= 0.3 is 6.03 Å². The molecule has 0 aliphatic rings. The molecule has 27 heavy (non-hydrogen) atoms.